The summed E-state index contributed by atoms with van der Waals surface area (Å²) in [7, 11) is 0. The van der Waals surface area contributed by atoms with Gasteiger partial charge in [0.15, 0.2) is 6.61 Å². The van der Waals surface area contributed by atoms with E-state index in [2.05, 4.69) is 16.4 Å². The minimum Gasteiger partial charge on any atom is -0.484 e. The molecule has 1 N–H and O–H groups in total. The Hall–Kier alpha value is -2.88. The minimum atomic E-state index is -0.126. The predicted molar refractivity (Wildman–Crippen MR) is 96.0 cm³/mol. The van der Waals surface area contributed by atoms with Gasteiger partial charge in [-0.1, -0.05) is 36.4 Å². The number of ether oxygens (including phenoxy) is 1. The van der Waals surface area contributed by atoms with Gasteiger partial charge in [0.2, 0.25) is 0 Å². The van der Waals surface area contributed by atoms with Crippen LogP contribution in [-0.2, 0) is 4.79 Å². The van der Waals surface area contributed by atoms with E-state index in [1.54, 1.807) is 0 Å². The van der Waals surface area contributed by atoms with Crippen LogP contribution in [-0.4, -0.2) is 23.5 Å². The number of fused-ring (bicyclic) bond motifs is 1. The Kier molecular flexibility index (Phi) is 4.75. The Labute approximate surface area is 141 Å². The molecule has 0 atom stereocenters. The third kappa shape index (κ3) is 3.90. The van der Waals surface area contributed by atoms with E-state index < -0.39 is 0 Å². The lowest BCUT2D eigenvalue weighted by atomic mass is 10.1. The van der Waals surface area contributed by atoms with Gasteiger partial charge in [-0.2, -0.15) is 0 Å². The van der Waals surface area contributed by atoms with E-state index >= 15 is 0 Å². The van der Waals surface area contributed by atoms with Crippen LogP contribution in [0.25, 0.3) is 22.2 Å². The van der Waals surface area contributed by atoms with Gasteiger partial charge in [-0.3, -0.25) is 4.79 Å². The van der Waals surface area contributed by atoms with Crippen LogP contribution < -0.4 is 10.1 Å². The first-order chi connectivity index (χ1) is 11.6. The first-order valence-corrected chi connectivity index (χ1v) is 8.00. The van der Waals surface area contributed by atoms with Crippen molar-refractivity contribution < 1.29 is 9.53 Å². The molecule has 1 heterocycles. The van der Waals surface area contributed by atoms with Crippen molar-refractivity contribution in [2.75, 3.05) is 6.61 Å². The molecule has 0 fully saturated rings. The number of para-hydroxylation sites is 1. The standard InChI is InChI=1S/C20H20N2O2/c1-14(2)21-20(23)13-24-17-8-5-7-16(12-17)19-11-10-15-6-3-4-9-18(15)22-19/h3-12,14H,13H2,1-2H3,(H,21,23). The van der Waals surface area contributed by atoms with Crippen molar-refractivity contribution >= 4 is 16.8 Å². The van der Waals surface area contributed by atoms with Gasteiger partial charge in [0, 0.05) is 17.0 Å². The van der Waals surface area contributed by atoms with Crippen LogP contribution in [0.5, 0.6) is 5.75 Å². The van der Waals surface area contributed by atoms with Gasteiger partial charge in [-0.05, 0) is 38.1 Å². The number of rotatable bonds is 5. The highest BCUT2D eigenvalue weighted by Crippen LogP contribution is 2.24. The molecule has 0 aliphatic rings. The number of nitrogens with zero attached hydrogens (tertiary/aromatic N) is 1. The Balaban J connectivity index is 1.77. The molecule has 122 valence electrons. The Morgan fingerprint density at radius 2 is 1.92 bits per heavy atom. The summed E-state index contributed by atoms with van der Waals surface area (Å²) in [6.45, 7) is 3.85. The Bertz CT molecular complexity index is 859. The lowest BCUT2D eigenvalue weighted by Crippen LogP contribution is -2.34. The van der Waals surface area contributed by atoms with E-state index in [9.17, 15) is 4.79 Å². The summed E-state index contributed by atoms with van der Waals surface area (Å²) in [5, 5.41) is 3.91. The zero-order chi connectivity index (χ0) is 16.9. The van der Waals surface area contributed by atoms with Gasteiger partial charge >= 0.3 is 0 Å². The monoisotopic (exact) mass is 320 g/mol. The summed E-state index contributed by atoms with van der Waals surface area (Å²) in [6, 6.07) is 19.8. The lowest BCUT2D eigenvalue weighted by molar-refractivity contribution is -0.123. The molecule has 0 bridgehead atoms. The van der Waals surface area contributed by atoms with Gasteiger partial charge in [0.05, 0.1) is 11.2 Å². The maximum absolute atomic E-state index is 11.7. The summed E-state index contributed by atoms with van der Waals surface area (Å²) in [4.78, 5) is 16.4. The topological polar surface area (TPSA) is 51.2 Å². The quantitative estimate of drug-likeness (QED) is 0.778. The number of amides is 1. The summed E-state index contributed by atoms with van der Waals surface area (Å²) in [6.07, 6.45) is 0. The van der Waals surface area contributed by atoms with Crippen LogP contribution in [0.15, 0.2) is 60.7 Å². The van der Waals surface area contributed by atoms with Crippen molar-refractivity contribution in [3.05, 3.63) is 60.7 Å². The van der Waals surface area contributed by atoms with Crippen LogP contribution in [0.1, 0.15) is 13.8 Å². The molecular formula is C20H20N2O2. The molecular weight excluding hydrogens is 300 g/mol. The third-order valence-electron chi connectivity index (χ3n) is 3.55. The van der Waals surface area contributed by atoms with Gasteiger partial charge in [-0.15, -0.1) is 0 Å². The molecule has 0 aliphatic carbocycles. The third-order valence-corrected chi connectivity index (χ3v) is 3.55. The average molecular weight is 320 g/mol. The molecule has 0 saturated carbocycles. The summed E-state index contributed by atoms with van der Waals surface area (Å²) in [5.74, 6) is 0.528. The van der Waals surface area contributed by atoms with Crippen molar-refractivity contribution in [2.45, 2.75) is 19.9 Å². The fraction of sp³-hybridized carbons (Fsp3) is 0.200. The van der Waals surface area contributed by atoms with Crippen LogP contribution in [0, 0.1) is 0 Å². The zero-order valence-electron chi connectivity index (χ0n) is 13.8. The molecule has 0 radical (unpaired) electrons. The summed E-state index contributed by atoms with van der Waals surface area (Å²) >= 11 is 0. The van der Waals surface area contributed by atoms with E-state index in [1.165, 1.54) is 0 Å². The fourth-order valence-electron chi connectivity index (χ4n) is 2.48. The Morgan fingerprint density at radius 3 is 2.75 bits per heavy atom. The van der Waals surface area contributed by atoms with Gasteiger partial charge in [0.1, 0.15) is 5.75 Å². The Morgan fingerprint density at radius 1 is 1.08 bits per heavy atom. The van der Waals surface area contributed by atoms with Crippen LogP contribution in [0.3, 0.4) is 0 Å². The minimum absolute atomic E-state index is 0.00673. The number of benzene rings is 2. The van der Waals surface area contributed by atoms with Crippen molar-refractivity contribution in [1.29, 1.82) is 0 Å². The molecule has 0 unspecified atom stereocenters. The van der Waals surface area contributed by atoms with Gasteiger partial charge in [-0.25, -0.2) is 4.98 Å². The van der Waals surface area contributed by atoms with E-state index in [0.717, 1.165) is 22.2 Å². The lowest BCUT2D eigenvalue weighted by Gasteiger charge is -2.10. The molecule has 1 amide bonds. The smallest absolute Gasteiger partial charge is 0.258 e. The molecule has 4 heteroatoms. The first-order valence-electron chi connectivity index (χ1n) is 8.00. The van der Waals surface area contributed by atoms with E-state index in [1.807, 2.05) is 68.4 Å². The number of nitrogens with one attached hydrogen (secondary N) is 1. The summed E-state index contributed by atoms with van der Waals surface area (Å²) < 4.78 is 5.58. The number of hydrogen-bond acceptors (Lipinski definition) is 3. The van der Waals surface area contributed by atoms with Gasteiger partial charge in [0.25, 0.3) is 5.91 Å². The second-order valence-electron chi connectivity index (χ2n) is 5.93. The van der Waals surface area contributed by atoms with Crippen molar-refractivity contribution in [1.82, 2.24) is 10.3 Å². The highest BCUT2D eigenvalue weighted by Gasteiger charge is 2.06. The molecule has 4 nitrogen and oxygen atoms in total. The number of pyridine rings is 1. The highest BCUT2D eigenvalue weighted by atomic mass is 16.5. The molecule has 3 aromatic rings. The number of carbonyl (C=O) groups is 1. The molecule has 2 aromatic carbocycles. The number of hydrogen-bond donors (Lipinski definition) is 1. The van der Waals surface area contributed by atoms with Crippen LogP contribution >= 0.6 is 0 Å². The predicted octanol–water partition coefficient (Wildman–Crippen LogP) is 3.81. The maximum Gasteiger partial charge on any atom is 0.258 e. The van der Waals surface area contributed by atoms with Crippen molar-refractivity contribution in [3.63, 3.8) is 0 Å². The first kappa shape index (κ1) is 16.0. The van der Waals surface area contributed by atoms with E-state index in [-0.39, 0.29) is 18.6 Å². The van der Waals surface area contributed by atoms with Crippen LogP contribution in [0.4, 0.5) is 0 Å². The van der Waals surface area contributed by atoms with E-state index in [4.69, 9.17) is 4.74 Å². The molecule has 0 aliphatic heterocycles. The second-order valence-corrected chi connectivity index (χ2v) is 5.93. The fourth-order valence-corrected chi connectivity index (χ4v) is 2.48. The number of carbonyl (C=O) groups excluding carboxylic acids is 1. The maximum atomic E-state index is 11.7. The van der Waals surface area contributed by atoms with Crippen LogP contribution in [0.2, 0.25) is 0 Å². The summed E-state index contributed by atoms with van der Waals surface area (Å²) in [5.41, 5.74) is 2.80. The van der Waals surface area contributed by atoms with E-state index in [0.29, 0.717) is 5.75 Å². The zero-order valence-corrected chi connectivity index (χ0v) is 13.8. The molecule has 1 aromatic heterocycles. The number of aromatic nitrogens is 1. The van der Waals surface area contributed by atoms with Gasteiger partial charge < -0.3 is 10.1 Å². The molecule has 24 heavy (non-hydrogen) atoms. The second kappa shape index (κ2) is 7.13. The SMILES string of the molecule is CC(C)NC(=O)COc1cccc(-c2ccc3ccccc3n2)c1. The molecule has 0 spiro atoms. The molecule has 0 saturated heterocycles. The molecule has 3 rings (SSSR count). The highest BCUT2D eigenvalue weighted by molar-refractivity contribution is 5.81. The largest absolute Gasteiger partial charge is 0.484 e. The average Bonchev–Trinajstić information content (AvgIpc) is 2.59. The normalized spacial score (nSPS) is 10.8. The van der Waals surface area contributed by atoms with Crippen molar-refractivity contribution in [2.24, 2.45) is 0 Å². The van der Waals surface area contributed by atoms with Crippen molar-refractivity contribution in [3.8, 4) is 17.0 Å².